The van der Waals surface area contributed by atoms with Crippen LogP contribution in [0.15, 0.2) is 23.1 Å². The Balaban J connectivity index is 0.000000980. The second-order valence-corrected chi connectivity index (χ2v) is 3.97. The smallest absolute Gasteiger partial charge is 0.137 e. The average Bonchev–Trinajstić information content (AvgIpc) is 2.18. The van der Waals surface area contributed by atoms with Crippen LogP contribution in [0.1, 0.15) is 18.0 Å². The number of ether oxygens (including phenoxy) is 1. The van der Waals surface area contributed by atoms with Crippen LogP contribution in [0, 0.1) is 0 Å². The molecule has 0 spiro atoms. The first-order chi connectivity index (χ1) is 6.33. The van der Waals surface area contributed by atoms with Crippen LogP contribution in [0.2, 0.25) is 0 Å². The number of fused-ring (bicyclic) bond motifs is 1. The van der Waals surface area contributed by atoms with E-state index in [0.717, 1.165) is 24.3 Å². The number of rotatable bonds is 1. The van der Waals surface area contributed by atoms with Gasteiger partial charge in [0.1, 0.15) is 5.75 Å². The van der Waals surface area contributed by atoms with Crippen LogP contribution in [0.3, 0.4) is 0 Å². The highest BCUT2D eigenvalue weighted by molar-refractivity contribution is 7.98. The maximum atomic E-state index is 5.98. The Labute approximate surface area is 94.6 Å². The fourth-order valence-corrected chi connectivity index (χ4v) is 2.16. The lowest BCUT2D eigenvalue weighted by Gasteiger charge is -2.24. The Morgan fingerprint density at radius 2 is 2.29 bits per heavy atom. The van der Waals surface area contributed by atoms with Crippen LogP contribution in [-0.2, 0) is 0 Å². The summed E-state index contributed by atoms with van der Waals surface area (Å²) in [7, 11) is 0. The van der Waals surface area contributed by atoms with Gasteiger partial charge in [0.15, 0.2) is 0 Å². The topological polar surface area (TPSA) is 35.2 Å². The van der Waals surface area contributed by atoms with Gasteiger partial charge in [0.05, 0.1) is 6.61 Å². The van der Waals surface area contributed by atoms with Gasteiger partial charge < -0.3 is 10.5 Å². The van der Waals surface area contributed by atoms with Gasteiger partial charge in [-0.3, -0.25) is 0 Å². The number of hydrogen-bond acceptors (Lipinski definition) is 3. The van der Waals surface area contributed by atoms with E-state index in [1.54, 1.807) is 11.8 Å². The average molecular weight is 232 g/mol. The maximum Gasteiger partial charge on any atom is 0.137 e. The highest BCUT2D eigenvalue weighted by Gasteiger charge is 2.19. The molecule has 0 fully saturated rings. The molecule has 1 aromatic rings. The monoisotopic (exact) mass is 231 g/mol. The van der Waals surface area contributed by atoms with E-state index in [4.69, 9.17) is 10.5 Å². The number of benzene rings is 1. The molecule has 1 aliphatic heterocycles. The van der Waals surface area contributed by atoms with Crippen molar-refractivity contribution < 1.29 is 4.74 Å². The largest absolute Gasteiger partial charge is 0.492 e. The van der Waals surface area contributed by atoms with Crippen molar-refractivity contribution in [2.75, 3.05) is 12.9 Å². The SMILES string of the molecule is CSc1cccc2c1OCC[C@H]2N.Cl. The zero-order chi connectivity index (χ0) is 9.26. The Kier molecular flexibility index (Phi) is 4.11. The first kappa shape index (κ1) is 11.7. The number of hydrogen-bond donors (Lipinski definition) is 1. The van der Waals surface area contributed by atoms with E-state index < -0.39 is 0 Å². The molecule has 0 aromatic heterocycles. The molecule has 78 valence electrons. The molecule has 1 heterocycles. The summed E-state index contributed by atoms with van der Waals surface area (Å²) >= 11 is 1.70. The summed E-state index contributed by atoms with van der Waals surface area (Å²) in [4.78, 5) is 1.19. The molecule has 0 unspecified atom stereocenters. The summed E-state index contributed by atoms with van der Waals surface area (Å²) in [6.45, 7) is 0.742. The Bertz CT molecular complexity index is 319. The molecular formula is C10H14ClNOS. The van der Waals surface area contributed by atoms with Crippen molar-refractivity contribution in [1.82, 2.24) is 0 Å². The lowest BCUT2D eigenvalue weighted by molar-refractivity contribution is 0.262. The van der Waals surface area contributed by atoms with Crippen LogP contribution < -0.4 is 10.5 Å². The molecule has 2 N–H and O–H groups in total. The number of para-hydroxylation sites is 1. The van der Waals surface area contributed by atoms with E-state index in [-0.39, 0.29) is 18.4 Å². The third-order valence-corrected chi connectivity index (χ3v) is 3.07. The van der Waals surface area contributed by atoms with Gasteiger partial charge >= 0.3 is 0 Å². The summed E-state index contributed by atoms with van der Waals surface area (Å²) in [5.74, 6) is 0.994. The Morgan fingerprint density at radius 1 is 1.50 bits per heavy atom. The highest BCUT2D eigenvalue weighted by atomic mass is 35.5. The third kappa shape index (κ3) is 2.00. The van der Waals surface area contributed by atoms with Crippen LogP contribution in [0.5, 0.6) is 5.75 Å². The van der Waals surface area contributed by atoms with Crippen molar-refractivity contribution in [1.29, 1.82) is 0 Å². The van der Waals surface area contributed by atoms with Gasteiger partial charge in [0, 0.05) is 22.9 Å². The van der Waals surface area contributed by atoms with E-state index in [0.29, 0.717) is 0 Å². The second kappa shape index (κ2) is 4.91. The zero-order valence-corrected chi connectivity index (χ0v) is 9.66. The number of halogens is 1. The molecule has 0 saturated heterocycles. The second-order valence-electron chi connectivity index (χ2n) is 3.12. The van der Waals surface area contributed by atoms with Crippen LogP contribution in [-0.4, -0.2) is 12.9 Å². The van der Waals surface area contributed by atoms with E-state index in [2.05, 4.69) is 18.4 Å². The molecule has 2 nitrogen and oxygen atoms in total. The standard InChI is InChI=1S/C10H13NOS.ClH/c1-13-9-4-2-3-7-8(11)5-6-12-10(7)9;/h2-4,8H,5-6,11H2,1H3;1H/t8-;/m1./s1. The normalized spacial score (nSPS) is 19.1. The number of nitrogens with two attached hydrogens (primary N) is 1. The third-order valence-electron chi connectivity index (χ3n) is 2.30. The van der Waals surface area contributed by atoms with Gasteiger partial charge in [0.25, 0.3) is 0 Å². The molecule has 14 heavy (non-hydrogen) atoms. The Morgan fingerprint density at radius 3 is 3.00 bits per heavy atom. The molecular weight excluding hydrogens is 218 g/mol. The lowest BCUT2D eigenvalue weighted by atomic mass is 10.0. The van der Waals surface area contributed by atoms with Crippen molar-refractivity contribution in [2.45, 2.75) is 17.4 Å². The summed E-state index contributed by atoms with van der Waals surface area (Å²) in [5, 5.41) is 0. The van der Waals surface area contributed by atoms with E-state index in [1.807, 2.05) is 6.07 Å². The lowest BCUT2D eigenvalue weighted by Crippen LogP contribution is -2.20. The summed E-state index contributed by atoms with van der Waals surface area (Å²) in [6, 6.07) is 6.32. The van der Waals surface area contributed by atoms with Gasteiger partial charge in [-0.2, -0.15) is 0 Å². The summed E-state index contributed by atoms with van der Waals surface area (Å²) in [5.41, 5.74) is 7.13. The molecule has 0 bridgehead atoms. The predicted molar refractivity (Wildman–Crippen MR) is 62.5 cm³/mol. The first-order valence-electron chi connectivity index (χ1n) is 4.38. The molecule has 0 radical (unpaired) electrons. The van der Waals surface area contributed by atoms with Gasteiger partial charge in [0.2, 0.25) is 0 Å². The molecule has 4 heteroatoms. The quantitative estimate of drug-likeness (QED) is 0.755. The fourth-order valence-electron chi connectivity index (χ4n) is 1.58. The van der Waals surface area contributed by atoms with Crippen LogP contribution in [0.4, 0.5) is 0 Å². The van der Waals surface area contributed by atoms with Crippen molar-refractivity contribution in [3.05, 3.63) is 23.8 Å². The van der Waals surface area contributed by atoms with Gasteiger partial charge in [-0.1, -0.05) is 12.1 Å². The fraction of sp³-hybridized carbons (Fsp3) is 0.400. The minimum absolute atomic E-state index is 0. The minimum atomic E-state index is 0. The summed E-state index contributed by atoms with van der Waals surface area (Å²) < 4.78 is 5.62. The molecule has 0 amide bonds. The van der Waals surface area contributed by atoms with Crippen LogP contribution in [0.25, 0.3) is 0 Å². The molecule has 1 aromatic carbocycles. The van der Waals surface area contributed by atoms with Gasteiger partial charge in [-0.05, 0) is 12.3 Å². The predicted octanol–water partition coefficient (Wildman–Crippen LogP) is 2.61. The van der Waals surface area contributed by atoms with Crippen molar-refractivity contribution in [3.8, 4) is 5.75 Å². The Hall–Kier alpha value is -0.380. The van der Waals surface area contributed by atoms with Crippen molar-refractivity contribution in [2.24, 2.45) is 5.73 Å². The highest BCUT2D eigenvalue weighted by Crippen LogP contribution is 2.37. The van der Waals surface area contributed by atoms with Crippen LogP contribution >= 0.6 is 24.2 Å². The van der Waals surface area contributed by atoms with Crippen molar-refractivity contribution in [3.63, 3.8) is 0 Å². The molecule has 0 aliphatic carbocycles. The van der Waals surface area contributed by atoms with E-state index in [1.165, 1.54) is 4.90 Å². The minimum Gasteiger partial charge on any atom is -0.492 e. The van der Waals surface area contributed by atoms with E-state index in [9.17, 15) is 0 Å². The zero-order valence-electron chi connectivity index (χ0n) is 8.03. The molecule has 1 atom stereocenters. The van der Waals surface area contributed by atoms with Gasteiger partial charge in [-0.25, -0.2) is 0 Å². The summed E-state index contributed by atoms with van der Waals surface area (Å²) in [6.07, 6.45) is 2.98. The maximum absolute atomic E-state index is 5.98. The van der Waals surface area contributed by atoms with E-state index >= 15 is 0 Å². The van der Waals surface area contributed by atoms with Crippen molar-refractivity contribution >= 4 is 24.2 Å². The molecule has 1 aliphatic rings. The number of thioether (sulfide) groups is 1. The molecule has 0 saturated carbocycles. The van der Waals surface area contributed by atoms with Gasteiger partial charge in [-0.15, -0.1) is 24.2 Å². The molecule has 2 rings (SSSR count). The first-order valence-corrected chi connectivity index (χ1v) is 5.60.